The molecule has 0 unspecified atom stereocenters. The molecule has 0 atom stereocenters. The van der Waals surface area contributed by atoms with Gasteiger partial charge in [-0.1, -0.05) is 37.1 Å². The topological polar surface area (TPSA) is 43.4 Å². The maximum atomic E-state index is 5.67. The molecule has 1 heterocycles. The van der Waals surface area contributed by atoms with Crippen LogP contribution in [0.4, 0.5) is 0 Å². The minimum Gasteiger partial charge on any atom is -0.481 e. The summed E-state index contributed by atoms with van der Waals surface area (Å²) in [5, 5.41) is 3.40. The summed E-state index contributed by atoms with van der Waals surface area (Å²) in [6, 6.07) is 11.8. The fourth-order valence-corrected chi connectivity index (χ4v) is 2.13. The molecule has 0 saturated carbocycles. The zero-order valence-electron chi connectivity index (χ0n) is 13.4. The van der Waals surface area contributed by atoms with Gasteiger partial charge in [-0.2, -0.15) is 0 Å². The second-order valence-electron chi connectivity index (χ2n) is 5.02. The summed E-state index contributed by atoms with van der Waals surface area (Å²) in [6.07, 6.45) is 7.96. The summed E-state index contributed by atoms with van der Waals surface area (Å²) >= 11 is 0. The van der Waals surface area contributed by atoms with E-state index in [0.29, 0.717) is 25.6 Å². The largest absolute Gasteiger partial charge is 0.481 e. The van der Waals surface area contributed by atoms with Crippen LogP contribution in [0.3, 0.4) is 0 Å². The van der Waals surface area contributed by atoms with Crippen molar-refractivity contribution < 1.29 is 9.47 Å². The van der Waals surface area contributed by atoms with Crippen molar-refractivity contribution in [3.05, 3.63) is 53.7 Å². The SMILES string of the molecule is C#CCOc1ccccc1CNCc1cccnc1OCCC. The number of rotatable bonds is 9. The molecule has 0 radical (unpaired) electrons. The Morgan fingerprint density at radius 1 is 1.09 bits per heavy atom. The Balaban J connectivity index is 1.94. The van der Waals surface area contributed by atoms with Crippen LogP contribution in [0.15, 0.2) is 42.6 Å². The zero-order valence-corrected chi connectivity index (χ0v) is 13.4. The van der Waals surface area contributed by atoms with E-state index in [1.54, 1.807) is 6.20 Å². The van der Waals surface area contributed by atoms with Crippen LogP contribution >= 0.6 is 0 Å². The first kappa shape index (κ1) is 16.9. The van der Waals surface area contributed by atoms with Gasteiger partial charge in [0.05, 0.1) is 6.61 Å². The lowest BCUT2D eigenvalue weighted by Crippen LogP contribution is -2.15. The van der Waals surface area contributed by atoms with Crippen LogP contribution in [0.5, 0.6) is 11.6 Å². The normalized spacial score (nSPS) is 10.1. The summed E-state index contributed by atoms with van der Waals surface area (Å²) in [7, 11) is 0. The molecule has 1 aromatic heterocycles. The molecule has 0 saturated heterocycles. The van der Waals surface area contributed by atoms with Crippen molar-refractivity contribution in [1.82, 2.24) is 10.3 Å². The van der Waals surface area contributed by atoms with Crippen molar-refractivity contribution in [3.63, 3.8) is 0 Å². The third-order valence-corrected chi connectivity index (χ3v) is 3.21. The molecule has 0 amide bonds. The highest BCUT2D eigenvalue weighted by Gasteiger charge is 2.06. The fourth-order valence-electron chi connectivity index (χ4n) is 2.13. The van der Waals surface area contributed by atoms with Crippen LogP contribution in [0.2, 0.25) is 0 Å². The monoisotopic (exact) mass is 310 g/mol. The summed E-state index contributed by atoms with van der Waals surface area (Å²) in [6.45, 7) is 4.38. The number of nitrogens with one attached hydrogen (secondary N) is 1. The van der Waals surface area contributed by atoms with Crippen molar-refractivity contribution in [2.75, 3.05) is 13.2 Å². The number of benzene rings is 1. The van der Waals surface area contributed by atoms with Crippen molar-refractivity contribution in [2.24, 2.45) is 0 Å². The third-order valence-electron chi connectivity index (χ3n) is 3.21. The maximum absolute atomic E-state index is 5.67. The molecule has 1 aromatic carbocycles. The molecule has 0 aliphatic rings. The van der Waals surface area contributed by atoms with Crippen molar-refractivity contribution in [2.45, 2.75) is 26.4 Å². The molecular formula is C19H22N2O2. The van der Waals surface area contributed by atoms with Crippen LogP contribution < -0.4 is 14.8 Å². The summed E-state index contributed by atoms with van der Waals surface area (Å²) in [5.41, 5.74) is 2.12. The van der Waals surface area contributed by atoms with Gasteiger partial charge < -0.3 is 14.8 Å². The highest BCUT2D eigenvalue weighted by Crippen LogP contribution is 2.19. The summed E-state index contributed by atoms with van der Waals surface area (Å²) in [4.78, 5) is 4.29. The minimum atomic E-state index is 0.272. The van der Waals surface area contributed by atoms with Crippen LogP contribution in [0, 0.1) is 12.3 Å². The fraction of sp³-hybridized carbons (Fsp3) is 0.316. The number of ether oxygens (including phenoxy) is 2. The molecule has 1 N–H and O–H groups in total. The Kier molecular flexibility index (Phi) is 6.96. The lowest BCUT2D eigenvalue weighted by atomic mass is 10.2. The quantitative estimate of drug-likeness (QED) is 0.723. The second kappa shape index (κ2) is 9.50. The number of terminal acetylenes is 1. The first-order valence-corrected chi connectivity index (χ1v) is 7.76. The molecule has 0 aliphatic heterocycles. The molecule has 23 heavy (non-hydrogen) atoms. The molecular weight excluding hydrogens is 288 g/mol. The second-order valence-corrected chi connectivity index (χ2v) is 5.02. The molecule has 0 aliphatic carbocycles. The zero-order chi connectivity index (χ0) is 16.3. The van der Waals surface area contributed by atoms with E-state index >= 15 is 0 Å². The van der Waals surface area contributed by atoms with Gasteiger partial charge in [0.2, 0.25) is 5.88 Å². The van der Waals surface area contributed by atoms with Crippen LogP contribution in [0.25, 0.3) is 0 Å². The van der Waals surface area contributed by atoms with E-state index in [4.69, 9.17) is 15.9 Å². The van der Waals surface area contributed by atoms with Gasteiger partial charge in [-0.15, -0.1) is 6.42 Å². The first-order chi connectivity index (χ1) is 11.3. The van der Waals surface area contributed by atoms with Gasteiger partial charge in [-0.3, -0.25) is 0 Å². The molecule has 0 spiro atoms. The van der Waals surface area contributed by atoms with E-state index in [9.17, 15) is 0 Å². The first-order valence-electron chi connectivity index (χ1n) is 7.76. The standard InChI is InChI=1S/C19H22N2O2/c1-3-12-22-18-10-6-5-8-16(18)14-20-15-17-9-7-11-21-19(17)23-13-4-2/h1,5-11,20H,4,12-15H2,2H3. The Morgan fingerprint density at radius 3 is 2.70 bits per heavy atom. The smallest absolute Gasteiger partial charge is 0.217 e. The average molecular weight is 310 g/mol. The number of aromatic nitrogens is 1. The van der Waals surface area contributed by atoms with E-state index in [1.807, 2.05) is 36.4 Å². The highest BCUT2D eigenvalue weighted by atomic mass is 16.5. The van der Waals surface area contributed by atoms with Gasteiger partial charge in [0.25, 0.3) is 0 Å². The number of nitrogens with zero attached hydrogens (tertiary/aromatic N) is 1. The highest BCUT2D eigenvalue weighted by molar-refractivity contribution is 5.33. The predicted octanol–water partition coefficient (Wildman–Crippen LogP) is 3.17. The number of pyridine rings is 1. The van der Waals surface area contributed by atoms with Gasteiger partial charge in [0, 0.05) is 30.4 Å². The lowest BCUT2D eigenvalue weighted by molar-refractivity contribution is 0.301. The Labute approximate surface area is 137 Å². The van der Waals surface area contributed by atoms with E-state index in [2.05, 4.69) is 23.1 Å². The van der Waals surface area contributed by atoms with Crippen molar-refractivity contribution in [3.8, 4) is 24.0 Å². The molecule has 0 bridgehead atoms. The van der Waals surface area contributed by atoms with E-state index in [0.717, 1.165) is 23.3 Å². The van der Waals surface area contributed by atoms with Crippen molar-refractivity contribution >= 4 is 0 Å². The predicted molar refractivity (Wildman–Crippen MR) is 91.3 cm³/mol. The van der Waals surface area contributed by atoms with Crippen molar-refractivity contribution in [1.29, 1.82) is 0 Å². The van der Waals surface area contributed by atoms with Gasteiger partial charge in [0.15, 0.2) is 0 Å². The molecule has 4 nitrogen and oxygen atoms in total. The van der Waals surface area contributed by atoms with Crippen LogP contribution in [-0.4, -0.2) is 18.2 Å². The van der Waals surface area contributed by atoms with Crippen LogP contribution in [0.1, 0.15) is 24.5 Å². The van der Waals surface area contributed by atoms with E-state index in [1.165, 1.54) is 0 Å². The summed E-state index contributed by atoms with van der Waals surface area (Å²) in [5.74, 6) is 3.99. The Morgan fingerprint density at radius 2 is 1.87 bits per heavy atom. The van der Waals surface area contributed by atoms with E-state index in [-0.39, 0.29) is 6.61 Å². The minimum absolute atomic E-state index is 0.272. The number of hydrogen-bond donors (Lipinski definition) is 1. The van der Waals surface area contributed by atoms with Gasteiger partial charge in [0.1, 0.15) is 12.4 Å². The Hall–Kier alpha value is -2.51. The number of para-hydroxylation sites is 1. The van der Waals surface area contributed by atoms with Crippen LogP contribution in [-0.2, 0) is 13.1 Å². The van der Waals surface area contributed by atoms with Gasteiger partial charge >= 0.3 is 0 Å². The molecule has 4 heteroatoms. The Bertz CT molecular complexity index is 650. The maximum Gasteiger partial charge on any atom is 0.217 e. The molecule has 120 valence electrons. The third kappa shape index (κ3) is 5.32. The molecule has 2 aromatic rings. The average Bonchev–Trinajstić information content (AvgIpc) is 2.60. The van der Waals surface area contributed by atoms with Gasteiger partial charge in [-0.05, 0) is 18.6 Å². The molecule has 2 rings (SSSR count). The lowest BCUT2D eigenvalue weighted by Gasteiger charge is -2.12. The van der Waals surface area contributed by atoms with Gasteiger partial charge in [-0.25, -0.2) is 4.98 Å². The molecule has 0 fully saturated rings. The number of hydrogen-bond acceptors (Lipinski definition) is 4. The summed E-state index contributed by atoms with van der Waals surface area (Å²) < 4.78 is 11.2. The van der Waals surface area contributed by atoms with E-state index < -0.39 is 0 Å².